The standard InChI is InChI=1S/C23H23ClN2O5S/c1-2-30-20-9-3-16(4-10-20)14-26(19-11-12-32(28,29)15-19)23(27)21-13-22(31-25-21)17-5-7-18(24)8-6-17/h3-10,13,19H,2,11-12,14-15H2,1H3. The molecule has 1 amide bonds. The molecule has 0 aliphatic carbocycles. The van der Waals surface area contributed by atoms with E-state index in [1.165, 1.54) is 0 Å². The summed E-state index contributed by atoms with van der Waals surface area (Å²) in [6, 6.07) is 15.6. The average molecular weight is 475 g/mol. The van der Waals surface area contributed by atoms with Gasteiger partial charge in [0, 0.05) is 29.2 Å². The van der Waals surface area contributed by atoms with Crippen LogP contribution in [0.5, 0.6) is 5.75 Å². The van der Waals surface area contributed by atoms with Crippen molar-refractivity contribution in [1.29, 1.82) is 0 Å². The Balaban J connectivity index is 1.59. The van der Waals surface area contributed by atoms with Crippen molar-refractivity contribution in [3.63, 3.8) is 0 Å². The van der Waals surface area contributed by atoms with Gasteiger partial charge < -0.3 is 14.2 Å². The van der Waals surface area contributed by atoms with Crippen molar-refractivity contribution in [2.45, 2.75) is 25.9 Å². The number of rotatable bonds is 7. The number of carbonyl (C=O) groups is 1. The first-order valence-electron chi connectivity index (χ1n) is 10.3. The molecule has 4 rings (SSSR count). The van der Waals surface area contributed by atoms with Gasteiger partial charge in [0.25, 0.3) is 5.91 Å². The lowest BCUT2D eigenvalue weighted by Crippen LogP contribution is -2.40. The third-order valence-corrected chi connectivity index (χ3v) is 7.36. The van der Waals surface area contributed by atoms with Crippen LogP contribution in [0.15, 0.2) is 59.1 Å². The molecule has 1 atom stereocenters. The molecule has 7 nitrogen and oxygen atoms in total. The van der Waals surface area contributed by atoms with Crippen LogP contribution >= 0.6 is 11.6 Å². The molecule has 1 aliphatic heterocycles. The number of carbonyl (C=O) groups excluding carboxylic acids is 1. The second-order valence-corrected chi connectivity index (χ2v) is 10.3. The number of nitrogens with zero attached hydrogens (tertiary/aromatic N) is 2. The predicted octanol–water partition coefficient (Wildman–Crippen LogP) is 4.22. The molecule has 3 aromatic rings. The van der Waals surface area contributed by atoms with E-state index in [2.05, 4.69) is 5.16 Å². The lowest BCUT2D eigenvalue weighted by molar-refractivity contribution is 0.0670. The maximum absolute atomic E-state index is 13.4. The molecule has 9 heteroatoms. The van der Waals surface area contributed by atoms with E-state index in [1.807, 2.05) is 31.2 Å². The van der Waals surface area contributed by atoms with Crippen molar-refractivity contribution in [3.8, 4) is 17.1 Å². The quantitative estimate of drug-likeness (QED) is 0.509. The zero-order chi connectivity index (χ0) is 22.7. The van der Waals surface area contributed by atoms with Crippen molar-refractivity contribution in [2.24, 2.45) is 0 Å². The van der Waals surface area contributed by atoms with Gasteiger partial charge in [-0.2, -0.15) is 0 Å². The molecule has 1 aliphatic rings. The molecule has 1 aromatic heterocycles. The SMILES string of the molecule is CCOc1ccc(CN(C(=O)c2cc(-c3ccc(Cl)cc3)on2)C2CCS(=O)(=O)C2)cc1. The minimum Gasteiger partial charge on any atom is -0.494 e. The highest BCUT2D eigenvalue weighted by Gasteiger charge is 2.36. The summed E-state index contributed by atoms with van der Waals surface area (Å²) in [5.41, 5.74) is 1.74. The molecule has 0 saturated carbocycles. The van der Waals surface area contributed by atoms with Gasteiger partial charge in [0.15, 0.2) is 21.3 Å². The van der Waals surface area contributed by atoms with Gasteiger partial charge in [-0.1, -0.05) is 28.9 Å². The fourth-order valence-corrected chi connectivity index (χ4v) is 5.57. The van der Waals surface area contributed by atoms with E-state index in [0.29, 0.717) is 23.8 Å². The van der Waals surface area contributed by atoms with Crippen molar-refractivity contribution in [2.75, 3.05) is 18.1 Å². The van der Waals surface area contributed by atoms with Crippen molar-refractivity contribution in [1.82, 2.24) is 10.1 Å². The van der Waals surface area contributed by atoms with Crippen LogP contribution in [-0.4, -0.2) is 48.5 Å². The minimum absolute atomic E-state index is 0.0579. The zero-order valence-corrected chi connectivity index (χ0v) is 19.1. The summed E-state index contributed by atoms with van der Waals surface area (Å²) in [7, 11) is -3.17. The Labute approximate surface area is 191 Å². The number of benzene rings is 2. The summed E-state index contributed by atoms with van der Waals surface area (Å²) >= 11 is 5.93. The van der Waals surface area contributed by atoms with Crippen LogP contribution in [-0.2, 0) is 16.4 Å². The number of halogens is 1. The van der Waals surface area contributed by atoms with Gasteiger partial charge >= 0.3 is 0 Å². The van der Waals surface area contributed by atoms with Crippen molar-refractivity contribution >= 4 is 27.3 Å². The maximum Gasteiger partial charge on any atom is 0.276 e. The van der Waals surface area contributed by atoms with E-state index in [1.54, 1.807) is 35.2 Å². The third kappa shape index (κ3) is 5.14. The number of hydrogen-bond donors (Lipinski definition) is 0. The number of hydrogen-bond acceptors (Lipinski definition) is 6. The fourth-order valence-electron chi connectivity index (χ4n) is 3.72. The molecule has 0 spiro atoms. The van der Waals surface area contributed by atoms with Crippen LogP contribution in [0.4, 0.5) is 0 Å². The van der Waals surface area contributed by atoms with E-state index in [4.69, 9.17) is 20.9 Å². The van der Waals surface area contributed by atoms with E-state index in [-0.39, 0.29) is 29.7 Å². The molecular formula is C23H23ClN2O5S. The second-order valence-electron chi connectivity index (χ2n) is 7.65. The summed E-state index contributed by atoms with van der Waals surface area (Å²) < 4.78 is 35.0. The van der Waals surface area contributed by atoms with Gasteiger partial charge in [-0.3, -0.25) is 4.79 Å². The normalized spacial score (nSPS) is 17.2. The average Bonchev–Trinajstić information content (AvgIpc) is 3.40. The first-order valence-corrected chi connectivity index (χ1v) is 12.5. The van der Waals surface area contributed by atoms with Crippen molar-refractivity contribution < 1.29 is 22.5 Å². The summed E-state index contributed by atoms with van der Waals surface area (Å²) in [6.07, 6.45) is 0.396. The molecule has 1 saturated heterocycles. The number of sulfone groups is 1. The number of amides is 1. The monoisotopic (exact) mass is 474 g/mol. The number of aromatic nitrogens is 1. The van der Waals surface area contributed by atoms with E-state index in [0.717, 1.165) is 16.9 Å². The van der Waals surface area contributed by atoms with Crippen LogP contribution in [0.25, 0.3) is 11.3 Å². The Hall–Kier alpha value is -2.84. The highest BCUT2D eigenvalue weighted by molar-refractivity contribution is 7.91. The molecule has 2 aromatic carbocycles. The lowest BCUT2D eigenvalue weighted by Gasteiger charge is -2.27. The van der Waals surface area contributed by atoms with Gasteiger partial charge in [-0.25, -0.2) is 8.42 Å². The first-order chi connectivity index (χ1) is 15.3. The third-order valence-electron chi connectivity index (χ3n) is 5.36. The lowest BCUT2D eigenvalue weighted by atomic mass is 10.1. The fraction of sp³-hybridized carbons (Fsp3) is 0.304. The van der Waals surface area contributed by atoms with Crippen LogP contribution in [0, 0.1) is 0 Å². The van der Waals surface area contributed by atoms with Crippen molar-refractivity contribution in [3.05, 3.63) is 70.9 Å². The highest BCUT2D eigenvalue weighted by Crippen LogP contribution is 2.26. The van der Waals surface area contributed by atoms with E-state index >= 15 is 0 Å². The summed E-state index contributed by atoms with van der Waals surface area (Å²) in [6.45, 7) is 2.73. The molecule has 1 fully saturated rings. The Bertz CT molecular complexity index is 1190. The van der Waals surface area contributed by atoms with Gasteiger partial charge in [-0.15, -0.1) is 0 Å². The molecule has 0 radical (unpaired) electrons. The molecule has 0 N–H and O–H groups in total. The molecule has 1 unspecified atom stereocenters. The molecule has 168 valence electrons. The zero-order valence-electron chi connectivity index (χ0n) is 17.5. The van der Waals surface area contributed by atoms with Crippen LogP contribution in [0.1, 0.15) is 29.4 Å². The van der Waals surface area contributed by atoms with E-state index in [9.17, 15) is 13.2 Å². The predicted molar refractivity (Wildman–Crippen MR) is 121 cm³/mol. The highest BCUT2D eigenvalue weighted by atomic mass is 35.5. The Morgan fingerprint density at radius 1 is 1.19 bits per heavy atom. The van der Waals surface area contributed by atoms with Gasteiger partial charge in [-0.05, 0) is 55.3 Å². The molecule has 2 heterocycles. The maximum atomic E-state index is 13.4. The van der Waals surface area contributed by atoms with Gasteiger partial charge in [0.05, 0.1) is 18.1 Å². The summed E-state index contributed by atoms with van der Waals surface area (Å²) in [5, 5.41) is 4.55. The smallest absolute Gasteiger partial charge is 0.276 e. The first kappa shape index (κ1) is 22.4. The van der Waals surface area contributed by atoms with Crippen LogP contribution in [0.2, 0.25) is 5.02 Å². The molecule has 32 heavy (non-hydrogen) atoms. The largest absolute Gasteiger partial charge is 0.494 e. The summed E-state index contributed by atoms with van der Waals surface area (Å²) in [5.74, 6) is 0.814. The molecular weight excluding hydrogens is 452 g/mol. The van der Waals surface area contributed by atoms with Gasteiger partial charge in [0.1, 0.15) is 5.75 Å². The van der Waals surface area contributed by atoms with Crippen LogP contribution < -0.4 is 4.74 Å². The Morgan fingerprint density at radius 3 is 2.53 bits per heavy atom. The minimum atomic E-state index is -3.17. The summed E-state index contributed by atoms with van der Waals surface area (Å²) in [4.78, 5) is 15.0. The van der Waals surface area contributed by atoms with E-state index < -0.39 is 15.9 Å². The van der Waals surface area contributed by atoms with Crippen LogP contribution in [0.3, 0.4) is 0 Å². The second kappa shape index (κ2) is 9.34. The molecule has 0 bridgehead atoms. The Morgan fingerprint density at radius 2 is 1.91 bits per heavy atom. The topological polar surface area (TPSA) is 89.7 Å². The van der Waals surface area contributed by atoms with Gasteiger partial charge in [0.2, 0.25) is 0 Å². The number of ether oxygens (including phenoxy) is 1. The Kier molecular flexibility index (Phi) is 6.53.